The third-order valence-corrected chi connectivity index (χ3v) is 3.75. The molecule has 98 valence electrons. The zero-order chi connectivity index (χ0) is 14.0. The number of carbonyl (C=O) groups is 1. The van der Waals surface area contributed by atoms with E-state index in [1.807, 2.05) is 22.6 Å². The van der Waals surface area contributed by atoms with Gasteiger partial charge in [-0.15, -0.1) is 0 Å². The van der Waals surface area contributed by atoms with Gasteiger partial charge in [-0.1, -0.05) is 23.2 Å². The van der Waals surface area contributed by atoms with E-state index in [4.69, 9.17) is 23.2 Å². The summed E-state index contributed by atoms with van der Waals surface area (Å²) in [5, 5.41) is 13.2. The van der Waals surface area contributed by atoms with Crippen molar-refractivity contribution < 1.29 is 9.90 Å². The molecule has 2 rings (SSSR count). The van der Waals surface area contributed by atoms with Gasteiger partial charge in [-0.25, -0.2) is 0 Å². The predicted octanol–water partition coefficient (Wildman–Crippen LogP) is 4.56. The first-order valence-corrected chi connectivity index (χ1v) is 7.06. The zero-order valence-corrected chi connectivity index (χ0v) is 13.1. The van der Waals surface area contributed by atoms with Crippen LogP contribution >= 0.6 is 45.8 Å². The van der Waals surface area contributed by atoms with Crippen molar-refractivity contribution in [1.29, 1.82) is 0 Å². The van der Waals surface area contributed by atoms with Gasteiger partial charge in [-0.05, 0) is 59.0 Å². The van der Waals surface area contributed by atoms with E-state index >= 15 is 0 Å². The lowest BCUT2D eigenvalue weighted by atomic mass is 10.2. The van der Waals surface area contributed by atoms with E-state index < -0.39 is 0 Å². The molecule has 0 heterocycles. The molecule has 0 aliphatic rings. The van der Waals surface area contributed by atoms with Crippen molar-refractivity contribution in [1.82, 2.24) is 0 Å². The van der Waals surface area contributed by atoms with Crippen molar-refractivity contribution in [3.8, 4) is 5.75 Å². The third kappa shape index (κ3) is 3.52. The zero-order valence-electron chi connectivity index (χ0n) is 9.45. The highest BCUT2D eigenvalue weighted by Gasteiger charge is 2.12. The van der Waals surface area contributed by atoms with E-state index in [0.717, 1.165) is 3.57 Å². The minimum atomic E-state index is -0.335. The van der Waals surface area contributed by atoms with Crippen molar-refractivity contribution in [3.63, 3.8) is 0 Å². The van der Waals surface area contributed by atoms with Crippen LogP contribution in [0.2, 0.25) is 10.0 Å². The number of anilines is 1. The Kier molecular flexibility index (Phi) is 4.54. The minimum absolute atomic E-state index is 0.0401. The summed E-state index contributed by atoms with van der Waals surface area (Å²) in [4.78, 5) is 12.1. The summed E-state index contributed by atoms with van der Waals surface area (Å²) in [5.41, 5.74) is 0.743. The first-order valence-electron chi connectivity index (χ1n) is 5.22. The van der Waals surface area contributed by atoms with Gasteiger partial charge in [0.05, 0.1) is 11.3 Å². The van der Waals surface area contributed by atoms with Gasteiger partial charge in [0.2, 0.25) is 0 Å². The van der Waals surface area contributed by atoms with Crippen molar-refractivity contribution in [2.75, 3.05) is 5.32 Å². The number of benzene rings is 2. The Morgan fingerprint density at radius 2 is 1.74 bits per heavy atom. The fraction of sp³-hybridized carbons (Fsp3) is 0. The molecule has 0 unspecified atom stereocenters. The number of phenolic OH excluding ortho intramolecular Hbond substituents is 1. The molecule has 2 aromatic carbocycles. The monoisotopic (exact) mass is 407 g/mol. The van der Waals surface area contributed by atoms with Crippen LogP contribution in [-0.4, -0.2) is 11.0 Å². The summed E-state index contributed by atoms with van der Waals surface area (Å²) >= 11 is 13.7. The quantitative estimate of drug-likeness (QED) is 0.566. The van der Waals surface area contributed by atoms with Crippen LogP contribution < -0.4 is 5.32 Å². The summed E-state index contributed by atoms with van der Waals surface area (Å²) in [6.45, 7) is 0. The number of amides is 1. The first-order chi connectivity index (χ1) is 8.97. The average molecular weight is 408 g/mol. The normalized spacial score (nSPS) is 10.3. The maximum Gasteiger partial charge on any atom is 0.256 e. The highest BCUT2D eigenvalue weighted by atomic mass is 127. The van der Waals surface area contributed by atoms with Crippen LogP contribution in [0.4, 0.5) is 5.69 Å². The Morgan fingerprint density at radius 3 is 2.42 bits per heavy atom. The van der Waals surface area contributed by atoms with Crippen molar-refractivity contribution >= 4 is 57.4 Å². The van der Waals surface area contributed by atoms with E-state index in [-0.39, 0.29) is 17.3 Å². The van der Waals surface area contributed by atoms with Crippen molar-refractivity contribution in [3.05, 3.63) is 55.6 Å². The predicted molar refractivity (Wildman–Crippen MR) is 85.2 cm³/mol. The SMILES string of the molecule is O=C(Nc1cc(Cl)ccc1O)c1ccc(Cl)cc1I. The van der Waals surface area contributed by atoms with Crippen LogP contribution in [0.3, 0.4) is 0 Å². The fourth-order valence-electron chi connectivity index (χ4n) is 1.47. The molecule has 0 saturated heterocycles. The van der Waals surface area contributed by atoms with Crippen LogP contribution in [0.25, 0.3) is 0 Å². The Labute approximate surface area is 133 Å². The molecular weight excluding hydrogens is 400 g/mol. The summed E-state index contributed by atoms with van der Waals surface area (Å²) < 4.78 is 0.726. The maximum atomic E-state index is 12.1. The van der Waals surface area contributed by atoms with Crippen molar-refractivity contribution in [2.45, 2.75) is 0 Å². The number of carbonyl (C=O) groups excluding carboxylic acids is 1. The van der Waals surface area contributed by atoms with Gasteiger partial charge in [0, 0.05) is 13.6 Å². The van der Waals surface area contributed by atoms with Gasteiger partial charge in [-0.3, -0.25) is 4.79 Å². The number of rotatable bonds is 2. The molecule has 0 saturated carbocycles. The number of hydrogen-bond donors (Lipinski definition) is 2. The van der Waals surface area contributed by atoms with E-state index in [1.54, 1.807) is 24.3 Å². The number of hydrogen-bond acceptors (Lipinski definition) is 2. The van der Waals surface area contributed by atoms with E-state index in [1.165, 1.54) is 12.1 Å². The molecule has 2 N–H and O–H groups in total. The Balaban J connectivity index is 2.28. The highest BCUT2D eigenvalue weighted by Crippen LogP contribution is 2.27. The lowest BCUT2D eigenvalue weighted by molar-refractivity contribution is 0.102. The van der Waals surface area contributed by atoms with Gasteiger partial charge in [0.15, 0.2) is 0 Å². The fourth-order valence-corrected chi connectivity index (χ4v) is 2.76. The molecule has 1 amide bonds. The lowest BCUT2D eigenvalue weighted by Crippen LogP contribution is -2.13. The molecule has 6 heteroatoms. The van der Waals surface area contributed by atoms with Crippen LogP contribution in [0.15, 0.2) is 36.4 Å². The largest absolute Gasteiger partial charge is 0.506 e. The molecule has 0 atom stereocenters. The van der Waals surface area contributed by atoms with Crippen LogP contribution in [0, 0.1) is 3.57 Å². The third-order valence-electron chi connectivity index (χ3n) is 2.38. The Morgan fingerprint density at radius 1 is 1.11 bits per heavy atom. The first kappa shape index (κ1) is 14.4. The standard InChI is InChI=1S/C13H8Cl2INO2/c14-7-1-3-9(10(16)5-7)13(19)17-11-6-8(15)2-4-12(11)18/h1-6,18H,(H,17,19). The van der Waals surface area contributed by atoms with Gasteiger partial charge in [-0.2, -0.15) is 0 Å². The number of nitrogens with one attached hydrogen (secondary N) is 1. The topological polar surface area (TPSA) is 49.3 Å². The van der Waals surface area contributed by atoms with Crippen LogP contribution in [0.5, 0.6) is 5.75 Å². The molecule has 0 aliphatic heterocycles. The molecule has 0 aromatic heterocycles. The number of phenols is 1. The molecule has 0 bridgehead atoms. The Hall–Kier alpha value is -0.980. The molecular formula is C13H8Cl2INO2. The summed E-state index contributed by atoms with van der Waals surface area (Å²) in [7, 11) is 0. The minimum Gasteiger partial charge on any atom is -0.506 e. The Bertz CT molecular complexity index is 647. The van der Waals surface area contributed by atoms with Gasteiger partial charge in [0.25, 0.3) is 5.91 Å². The van der Waals surface area contributed by atoms with Crippen molar-refractivity contribution in [2.24, 2.45) is 0 Å². The summed E-state index contributed by atoms with van der Waals surface area (Å²) in [5.74, 6) is -0.375. The number of aromatic hydroxyl groups is 1. The summed E-state index contributed by atoms with van der Waals surface area (Å²) in [6, 6.07) is 9.40. The van der Waals surface area contributed by atoms with Gasteiger partial charge >= 0.3 is 0 Å². The van der Waals surface area contributed by atoms with E-state index in [9.17, 15) is 9.90 Å². The summed E-state index contributed by atoms with van der Waals surface area (Å²) in [6.07, 6.45) is 0. The molecule has 0 fully saturated rings. The lowest BCUT2D eigenvalue weighted by Gasteiger charge is -2.09. The highest BCUT2D eigenvalue weighted by molar-refractivity contribution is 14.1. The maximum absolute atomic E-state index is 12.1. The molecule has 3 nitrogen and oxygen atoms in total. The van der Waals surface area contributed by atoms with Gasteiger partial charge < -0.3 is 10.4 Å². The van der Waals surface area contributed by atoms with E-state index in [0.29, 0.717) is 15.6 Å². The molecule has 19 heavy (non-hydrogen) atoms. The second kappa shape index (κ2) is 5.98. The number of halogens is 3. The average Bonchev–Trinajstić information content (AvgIpc) is 2.33. The molecule has 2 aromatic rings. The van der Waals surface area contributed by atoms with Gasteiger partial charge in [0.1, 0.15) is 5.75 Å². The van der Waals surface area contributed by atoms with E-state index in [2.05, 4.69) is 5.32 Å². The second-order valence-corrected chi connectivity index (χ2v) is 5.77. The molecule has 0 radical (unpaired) electrons. The van der Waals surface area contributed by atoms with Crippen LogP contribution in [-0.2, 0) is 0 Å². The second-order valence-electron chi connectivity index (χ2n) is 3.74. The molecule has 0 aliphatic carbocycles. The molecule has 0 spiro atoms. The smallest absolute Gasteiger partial charge is 0.256 e. The van der Waals surface area contributed by atoms with Crippen LogP contribution in [0.1, 0.15) is 10.4 Å².